The molecule has 1 N–H and O–H groups in total. The molecule has 0 aliphatic carbocycles. The quantitative estimate of drug-likeness (QED) is 0.482. The maximum Gasteiger partial charge on any atom is 0.194 e. The molecule has 0 radical (unpaired) electrons. The van der Waals surface area contributed by atoms with E-state index in [0.717, 1.165) is 18.2 Å². The maximum absolute atomic E-state index is 4.83. The molecule has 2 heterocycles. The zero-order valence-corrected chi connectivity index (χ0v) is 14.9. The summed E-state index contributed by atoms with van der Waals surface area (Å²) in [6.07, 6.45) is 1.58. The Morgan fingerprint density at radius 1 is 1.50 bits per heavy atom. The Morgan fingerprint density at radius 3 is 2.85 bits per heavy atom. The lowest BCUT2D eigenvalue weighted by Gasteiger charge is -2.20. The van der Waals surface area contributed by atoms with Crippen molar-refractivity contribution in [2.75, 3.05) is 14.1 Å². The monoisotopic (exact) mass is 406 g/mol. The summed E-state index contributed by atoms with van der Waals surface area (Å²) in [7, 11) is 3.76. The minimum atomic E-state index is 0. The van der Waals surface area contributed by atoms with Crippen molar-refractivity contribution in [1.82, 2.24) is 15.4 Å². The van der Waals surface area contributed by atoms with E-state index in [2.05, 4.69) is 33.8 Å². The summed E-state index contributed by atoms with van der Waals surface area (Å²) in [6, 6.07) is 3.98. The molecule has 0 aromatic carbocycles. The van der Waals surface area contributed by atoms with Crippen molar-refractivity contribution >= 4 is 41.3 Å². The maximum atomic E-state index is 4.83. The van der Waals surface area contributed by atoms with Crippen molar-refractivity contribution < 1.29 is 4.52 Å². The van der Waals surface area contributed by atoms with E-state index < -0.39 is 0 Å². The molecule has 2 rings (SSSR count). The number of rotatable bonds is 4. The van der Waals surface area contributed by atoms with E-state index in [1.165, 1.54) is 10.4 Å². The lowest BCUT2D eigenvalue weighted by molar-refractivity contribution is 0.391. The molecule has 0 atom stereocenters. The first-order valence-corrected chi connectivity index (χ1v) is 6.92. The van der Waals surface area contributed by atoms with Gasteiger partial charge in [-0.2, -0.15) is 0 Å². The van der Waals surface area contributed by atoms with E-state index in [-0.39, 0.29) is 24.0 Å². The molecule has 5 nitrogen and oxygen atoms in total. The summed E-state index contributed by atoms with van der Waals surface area (Å²) in [5, 5.41) is 9.36. The van der Waals surface area contributed by atoms with Gasteiger partial charge in [-0.1, -0.05) is 5.16 Å². The van der Waals surface area contributed by atoms with E-state index in [0.29, 0.717) is 6.54 Å². The first kappa shape index (κ1) is 17.0. The Balaban J connectivity index is 0.00000200. The smallest absolute Gasteiger partial charge is 0.194 e. The van der Waals surface area contributed by atoms with Gasteiger partial charge < -0.3 is 14.7 Å². The summed E-state index contributed by atoms with van der Waals surface area (Å²) < 4.78 is 4.83. The molecular formula is C13H19IN4OS. The standard InChI is InChI=1S/C13H18N4OS.HI/c1-10-5-7-19-12(10)8-15-13(14-2)17(3)9-11-4-6-18-16-11;/h4-7H,8-9H2,1-3H3,(H,14,15);1H. The number of thiophene rings is 1. The highest BCUT2D eigenvalue weighted by Crippen LogP contribution is 2.14. The second-order valence-corrected chi connectivity index (χ2v) is 5.28. The zero-order chi connectivity index (χ0) is 13.7. The van der Waals surface area contributed by atoms with E-state index in [1.54, 1.807) is 24.6 Å². The van der Waals surface area contributed by atoms with Crippen LogP contribution in [0.25, 0.3) is 0 Å². The molecule has 7 heteroatoms. The molecule has 0 spiro atoms. The van der Waals surface area contributed by atoms with Gasteiger partial charge in [0.25, 0.3) is 0 Å². The van der Waals surface area contributed by atoms with Crippen molar-refractivity contribution in [3.05, 3.63) is 39.9 Å². The predicted molar refractivity (Wildman–Crippen MR) is 92.6 cm³/mol. The van der Waals surface area contributed by atoms with Crippen molar-refractivity contribution in [2.45, 2.75) is 20.0 Å². The first-order valence-electron chi connectivity index (χ1n) is 6.04. The Bertz CT molecular complexity index is 538. The number of nitrogens with one attached hydrogen (secondary N) is 1. The van der Waals surface area contributed by atoms with Crippen LogP contribution >= 0.6 is 35.3 Å². The molecule has 0 aliphatic heterocycles. The van der Waals surface area contributed by atoms with Crippen LogP contribution in [0.5, 0.6) is 0 Å². The molecule has 0 unspecified atom stereocenters. The zero-order valence-electron chi connectivity index (χ0n) is 11.8. The molecule has 2 aromatic heterocycles. The van der Waals surface area contributed by atoms with Crippen molar-refractivity contribution in [1.29, 1.82) is 0 Å². The number of guanidine groups is 1. The van der Waals surface area contributed by atoms with Gasteiger partial charge >= 0.3 is 0 Å². The second kappa shape index (κ2) is 8.25. The third-order valence-corrected chi connectivity index (χ3v) is 3.86. The van der Waals surface area contributed by atoms with E-state index >= 15 is 0 Å². The molecular weight excluding hydrogens is 387 g/mol. The first-order chi connectivity index (χ1) is 9.20. The van der Waals surface area contributed by atoms with Gasteiger partial charge in [0, 0.05) is 25.0 Å². The van der Waals surface area contributed by atoms with Crippen LogP contribution in [0.4, 0.5) is 0 Å². The van der Waals surface area contributed by atoms with Crippen LogP contribution in [0, 0.1) is 6.92 Å². The van der Waals surface area contributed by atoms with Crippen LogP contribution in [0.15, 0.2) is 33.3 Å². The summed E-state index contributed by atoms with van der Waals surface area (Å²) in [6.45, 7) is 3.58. The SMILES string of the molecule is CN=C(NCc1sccc1C)N(C)Cc1ccon1.I. The average Bonchev–Trinajstić information content (AvgIpc) is 3.02. The summed E-state index contributed by atoms with van der Waals surface area (Å²) in [5.41, 5.74) is 2.20. The largest absolute Gasteiger partial charge is 0.364 e. The van der Waals surface area contributed by atoms with Gasteiger partial charge in [0.2, 0.25) is 0 Å². The number of aryl methyl sites for hydroxylation is 1. The second-order valence-electron chi connectivity index (χ2n) is 4.27. The molecule has 110 valence electrons. The topological polar surface area (TPSA) is 53.7 Å². The van der Waals surface area contributed by atoms with Gasteiger partial charge in [-0.3, -0.25) is 4.99 Å². The number of aliphatic imine (C=N–C) groups is 1. The predicted octanol–water partition coefficient (Wildman–Crippen LogP) is 2.87. The molecule has 0 saturated heterocycles. The van der Waals surface area contributed by atoms with Gasteiger partial charge in [0.05, 0.1) is 13.1 Å². The number of aromatic nitrogens is 1. The molecule has 0 amide bonds. The fourth-order valence-corrected chi connectivity index (χ4v) is 2.61. The number of hydrogen-bond acceptors (Lipinski definition) is 4. The van der Waals surface area contributed by atoms with Crippen LogP contribution < -0.4 is 5.32 Å². The Labute approximate surface area is 140 Å². The van der Waals surface area contributed by atoms with Crippen molar-refractivity contribution in [3.8, 4) is 0 Å². The third-order valence-electron chi connectivity index (χ3n) is 2.84. The van der Waals surface area contributed by atoms with E-state index in [1.807, 2.05) is 18.0 Å². The fourth-order valence-electron chi connectivity index (χ4n) is 1.77. The van der Waals surface area contributed by atoms with Gasteiger partial charge in [-0.15, -0.1) is 35.3 Å². The minimum Gasteiger partial charge on any atom is -0.364 e. The third kappa shape index (κ3) is 4.48. The van der Waals surface area contributed by atoms with Crippen molar-refractivity contribution in [2.24, 2.45) is 4.99 Å². The normalized spacial score (nSPS) is 11.1. The van der Waals surface area contributed by atoms with Gasteiger partial charge in [-0.05, 0) is 23.9 Å². The van der Waals surface area contributed by atoms with E-state index in [9.17, 15) is 0 Å². The number of nitrogens with zero attached hydrogens (tertiary/aromatic N) is 3. The average molecular weight is 406 g/mol. The van der Waals surface area contributed by atoms with Crippen LogP contribution in [-0.2, 0) is 13.1 Å². The molecule has 0 saturated carbocycles. The Hall–Kier alpha value is -1.09. The lowest BCUT2D eigenvalue weighted by Crippen LogP contribution is -2.38. The van der Waals surface area contributed by atoms with Gasteiger partial charge in [-0.25, -0.2) is 0 Å². The van der Waals surface area contributed by atoms with Gasteiger partial charge in [0.15, 0.2) is 5.96 Å². The Kier molecular flexibility index (Phi) is 7.00. The van der Waals surface area contributed by atoms with Crippen LogP contribution in [0.1, 0.15) is 16.1 Å². The van der Waals surface area contributed by atoms with Gasteiger partial charge in [0.1, 0.15) is 12.0 Å². The van der Waals surface area contributed by atoms with Crippen LogP contribution in [-0.4, -0.2) is 30.1 Å². The highest BCUT2D eigenvalue weighted by atomic mass is 127. The van der Waals surface area contributed by atoms with Crippen LogP contribution in [0.3, 0.4) is 0 Å². The summed E-state index contributed by atoms with van der Waals surface area (Å²) in [5.74, 6) is 0.843. The highest BCUT2D eigenvalue weighted by Gasteiger charge is 2.09. The lowest BCUT2D eigenvalue weighted by atomic mass is 10.3. The highest BCUT2D eigenvalue weighted by molar-refractivity contribution is 14.0. The molecule has 2 aromatic rings. The molecule has 20 heavy (non-hydrogen) atoms. The van der Waals surface area contributed by atoms with E-state index in [4.69, 9.17) is 4.52 Å². The summed E-state index contributed by atoms with van der Waals surface area (Å²) >= 11 is 1.76. The number of halogens is 1. The molecule has 0 bridgehead atoms. The van der Waals surface area contributed by atoms with Crippen molar-refractivity contribution in [3.63, 3.8) is 0 Å². The molecule has 0 aliphatic rings. The fraction of sp³-hybridized carbons (Fsp3) is 0.385. The number of hydrogen-bond donors (Lipinski definition) is 1. The van der Waals surface area contributed by atoms with Crippen LogP contribution in [0.2, 0.25) is 0 Å². The Morgan fingerprint density at radius 2 is 2.30 bits per heavy atom. The minimum absolute atomic E-state index is 0. The molecule has 0 fully saturated rings. The summed E-state index contributed by atoms with van der Waals surface area (Å²) in [4.78, 5) is 7.62.